The molecule has 0 aliphatic carbocycles. The molecule has 1 amide bonds. The Morgan fingerprint density at radius 3 is 2.40 bits per heavy atom. The molecule has 8 nitrogen and oxygen atoms in total. The number of aromatic nitrogens is 3. The van der Waals surface area contributed by atoms with Gasteiger partial charge in [0.25, 0.3) is 5.56 Å². The van der Waals surface area contributed by atoms with Crippen molar-refractivity contribution in [1.82, 2.24) is 15.2 Å². The Hall–Kier alpha value is -3.46. The smallest absolute Gasteiger partial charge is 0.338 e. The van der Waals surface area contributed by atoms with Crippen molar-refractivity contribution >= 4 is 29.3 Å². The molecule has 154 valence electrons. The Labute approximate surface area is 177 Å². The lowest BCUT2D eigenvalue weighted by molar-refractivity contribution is -0.113. The maximum Gasteiger partial charge on any atom is 0.338 e. The molecule has 0 fully saturated rings. The van der Waals surface area contributed by atoms with Crippen LogP contribution < -0.4 is 10.9 Å². The molecule has 0 saturated carbocycles. The quantitative estimate of drug-likeness (QED) is 0.442. The fourth-order valence-electron chi connectivity index (χ4n) is 2.47. The molecule has 0 unspecified atom stereocenters. The number of rotatable bonds is 7. The zero-order valence-corrected chi connectivity index (χ0v) is 17.2. The maximum absolute atomic E-state index is 12.2. The van der Waals surface area contributed by atoms with Crippen LogP contribution in [0.15, 0.2) is 64.5 Å². The summed E-state index contributed by atoms with van der Waals surface area (Å²) in [5, 5.41) is 10.9. The van der Waals surface area contributed by atoms with Crippen LogP contribution in [0.25, 0.3) is 11.3 Å². The fraction of sp³-hybridized carbons (Fsp3) is 0.190. The Morgan fingerprint density at radius 1 is 1.07 bits per heavy atom. The highest BCUT2D eigenvalue weighted by molar-refractivity contribution is 7.99. The van der Waals surface area contributed by atoms with E-state index in [4.69, 9.17) is 4.74 Å². The second kappa shape index (κ2) is 9.84. The van der Waals surface area contributed by atoms with Gasteiger partial charge in [0.1, 0.15) is 0 Å². The van der Waals surface area contributed by atoms with Crippen LogP contribution in [0.3, 0.4) is 0 Å². The van der Waals surface area contributed by atoms with E-state index in [2.05, 4.69) is 20.5 Å². The third kappa shape index (κ3) is 5.77. The van der Waals surface area contributed by atoms with E-state index in [0.29, 0.717) is 16.8 Å². The van der Waals surface area contributed by atoms with Crippen LogP contribution >= 0.6 is 11.8 Å². The minimum Gasteiger partial charge on any atom is -0.459 e. The van der Waals surface area contributed by atoms with Gasteiger partial charge in [-0.05, 0) is 38.1 Å². The largest absolute Gasteiger partial charge is 0.459 e. The van der Waals surface area contributed by atoms with Crippen molar-refractivity contribution in [3.8, 4) is 11.3 Å². The summed E-state index contributed by atoms with van der Waals surface area (Å²) in [4.78, 5) is 38.8. The first kappa shape index (κ1) is 21.3. The van der Waals surface area contributed by atoms with Crippen LogP contribution in [0.2, 0.25) is 0 Å². The Morgan fingerprint density at radius 2 is 1.77 bits per heavy atom. The summed E-state index contributed by atoms with van der Waals surface area (Å²) in [6.45, 7) is 3.55. The van der Waals surface area contributed by atoms with E-state index in [-0.39, 0.29) is 34.2 Å². The van der Waals surface area contributed by atoms with E-state index >= 15 is 0 Å². The monoisotopic (exact) mass is 424 g/mol. The molecule has 3 aromatic rings. The maximum atomic E-state index is 12.2. The van der Waals surface area contributed by atoms with Crippen LogP contribution in [-0.4, -0.2) is 38.9 Å². The van der Waals surface area contributed by atoms with Gasteiger partial charge in [0, 0.05) is 11.3 Å². The van der Waals surface area contributed by atoms with Crippen molar-refractivity contribution < 1.29 is 14.3 Å². The highest BCUT2D eigenvalue weighted by Gasteiger charge is 2.11. The number of nitrogens with zero attached hydrogens (tertiary/aromatic N) is 2. The summed E-state index contributed by atoms with van der Waals surface area (Å²) in [5.74, 6) is -0.667. The lowest BCUT2D eigenvalue weighted by Gasteiger charge is -2.09. The molecular weight excluding hydrogens is 404 g/mol. The number of thioether (sulfide) groups is 1. The average Bonchev–Trinajstić information content (AvgIpc) is 2.73. The average molecular weight is 424 g/mol. The molecule has 0 aliphatic rings. The van der Waals surface area contributed by atoms with Gasteiger partial charge >= 0.3 is 5.97 Å². The molecule has 9 heteroatoms. The number of aromatic amines is 1. The molecule has 1 aromatic heterocycles. The van der Waals surface area contributed by atoms with Crippen molar-refractivity contribution in [3.05, 3.63) is 70.5 Å². The van der Waals surface area contributed by atoms with Crippen LogP contribution in [0, 0.1) is 0 Å². The summed E-state index contributed by atoms with van der Waals surface area (Å²) in [6.07, 6.45) is -0.204. The molecule has 3 rings (SSSR count). The van der Waals surface area contributed by atoms with Gasteiger partial charge in [-0.3, -0.25) is 14.6 Å². The van der Waals surface area contributed by atoms with Crippen molar-refractivity contribution in [2.24, 2.45) is 0 Å². The van der Waals surface area contributed by atoms with Crippen LogP contribution in [0.1, 0.15) is 24.2 Å². The Balaban J connectivity index is 1.55. The minimum absolute atomic E-state index is 0.0342. The van der Waals surface area contributed by atoms with E-state index in [1.165, 1.54) is 0 Å². The number of carbonyl (C=O) groups excluding carboxylic acids is 2. The normalized spacial score (nSPS) is 10.6. The molecular formula is C21H20N4O4S. The molecule has 0 saturated heterocycles. The first-order valence-electron chi connectivity index (χ1n) is 9.18. The fourth-order valence-corrected chi connectivity index (χ4v) is 3.08. The minimum atomic E-state index is -0.417. The topological polar surface area (TPSA) is 114 Å². The zero-order chi connectivity index (χ0) is 21.5. The summed E-state index contributed by atoms with van der Waals surface area (Å²) >= 11 is 1.07. The molecule has 0 radical (unpaired) electrons. The van der Waals surface area contributed by atoms with Crippen molar-refractivity contribution in [3.63, 3.8) is 0 Å². The van der Waals surface area contributed by atoms with Crippen LogP contribution in [0.4, 0.5) is 5.69 Å². The Kier molecular flexibility index (Phi) is 6.97. The highest BCUT2D eigenvalue weighted by Crippen LogP contribution is 2.16. The molecule has 30 heavy (non-hydrogen) atoms. The number of amides is 1. The highest BCUT2D eigenvalue weighted by atomic mass is 32.2. The number of esters is 1. The molecule has 0 spiro atoms. The lowest BCUT2D eigenvalue weighted by Crippen LogP contribution is -2.17. The Bertz CT molecular complexity index is 1080. The van der Waals surface area contributed by atoms with Gasteiger partial charge in [-0.15, -0.1) is 10.2 Å². The number of hydrogen-bond donors (Lipinski definition) is 2. The van der Waals surface area contributed by atoms with Crippen molar-refractivity contribution in [1.29, 1.82) is 0 Å². The number of anilines is 1. The third-order valence-electron chi connectivity index (χ3n) is 3.81. The number of H-pyrrole nitrogens is 1. The van der Waals surface area contributed by atoms with Gasteiger partial charge in [0.2, 0.25) is 5.91 Å². The predicted molar refractivity (Wildman–Crippen MR) is 114 cm³/mol. The van der Waals surface area contributed by atoms with Gasteiger partial charge < -0.3 is 10.1 Å². The standard InChI is InChI=1S/C21H20N4O4S/c1-13(2)29-20(28)15-8-10-16(11-9-15)22-17(26)12-30-21-23-19(27)18(24-25-21)14-6-4-3-5-7-14/h3-11,13H,12H2,1-2H3,(H,22,26)(H,23,25,27). The van der Waals surface area contributed by atoms with Gasteiger partial charge in [0.15, 0.2) is 10.9 Å². The zero-order valence-electron chi connectivity index (χ0n) is 16.4. The lowest BCUT2D eigenvalue weighted by atomic mass is 10.2. The van der Waals surface area contributed by atoms with E-state index in [1.807, 2.05) is 18.2 Å². The van der Waals surface area contributed by atoms with Gasteiger partial charge in [-0.2, -0.15) is 0 Å². The van der Waals surface area contributed by atoms with Gasteiger partial charge in [-0.1, -0.05) is 42.1 Å². The van der Waals surface area contributed by atoms with E-state index in [0.717, 1.165) is 11.8 Å². The number of benzene rings is 2. The number of hydrogen-bond acceptors (Lipinski definition) is 7. The molecule has 0 aliphatic heterocycles. The predicted octanol–water partition coefficient (Wildman–Crippen LogP) is 3.13. The summed E-state index contributed by atoms with van der Waals surface area (Å²) < 4.78 is 5.12. The van der Waals surface area contributed by atoms with E-state index in [1.54, 1.807) is 50.2 Å². The molecule has 2 aromatic carbocycles. The first-order valence-corrected chi connectivity index (χ1v) is 10.2. The molecule has 0 bridgehead atoms. The summed E-state index contributed by atoms with van der Waals surface area (Å²) in [6, 6.07) is 15.4. The molecule has 0 atom stereocenters. The van der Waals surface area contributed by atoms with Gasteiger partial charge in [-0.25, -0.2) is 4.79 Å². The SMILES string of the molecule is CC(C)OC(=O)c1ccc(NC(=O)CSc2nnc(-c3ccccc3)c(=O)[nH]2)cc1. The van der Waals surface area contributed by atoms with E-state index < -0.39 is 5.97 Å². The summed E-state index contributed by atoms with van der Waals surface area (Å²) in [7, 11) is 0. The van der Waals surface area contributed by atoms with Crippen LogP contribution in [-0.2, 0) is 9.53 Å². The van der Waals surface area contributed by atoms with E-state index in [9.17, 15) is 14.4 Å². The first-order chi connectivity index (χ1) is 14.4. The van der Waals surface area contributed by atoms with Crippen LogP contribution in [0.5, 0.6) is 0 Å². The van der Waals surface area contributed by atoms with Gasteiger partial charge in [0.05, 0.1) is 17.4 Å². The second-order valence-corrected chi connectivity index (χ2v) is 7.51. The van der Waals surface area contributed by atoms with Crippen molar-refractivity contribution in [2.45, 2.75) is 25.1 Å². The van der Waals surface area contributed by atoms with Crippen molar-refractivity contribution in [2.75, 3.05) is 11.1 Å². The number of carbonyl (C=O) groups is 2. The molecule has 2 N–H and O–H groups in total. The third-order valence-corrected chi connectivity index (χ3v) is 4.67. The summed E-state index contributed by atoms with van der Waals surface area (Å²) in [5.41, 5.74) is 1.47. The number of ether oxygens (including phenoxy) is 1. The number of nitrogens with one attached hydrogen (secondary N) is 2. The second-order valence-electron chi connectivity index (χ2n) is 6.54. The molecule has 1 heterocycles.